The zero-order valence-corrected chi connectivity index (χ0v) is 15.2. The summed E-state index contributed by atoms with van der Waals surface area (Å²) in [5, 5.41) is 3.15. The van der Waals surface area contributed by atoms with E-state index in [9.17, 15) is 4.79 Å². The molecule has 3 nitrogen and oxygen atoms in total. The van der Waals surface area contributed by atoms with E-state index in [1.54, 1.807) is 0 Å². The van der Waals surface area contributed by atoms with Crippen LogP contribution in [0.3, 0.4) is 0 Å². The third-order valence-corrected chi connectivity index (χ3v) is 6.67. The minimum absolute atomic E-state index is 0.185. The summed E-state index contributed by atoms with van der Waals surface area (Å²) in [4.78, 5) is 14.9. The lowest BCUT2D eigenvalue weighted by Crippen LogP contribution is -2.20. The van der Waals surface area contributed by atoms with Crippen molar-refractivity contribution < 1.29 is 4.79 Å². The summed E-state index contributed by atoms with van der Waals surface area (Å²) in [6.45, 7) is 1.89. The predicted molar refractivity (Wildman–Crippen MR) is 105 cm³/mol. The van der Waals surface area contributed by atoms with Gasteiger partial charge >= 0.3 is 0 Å². The number of fused-ring (bicyclic) bond motifs is 3. The summed E-state index contributed by atoms with van der Waals surface area (Å²) in [5.74, 6) is 2.51. The van der Waals surface area contributed by atoms with Crippen LogP contribution in [0.1, 0.15) is 43.2 Å². The van der Waals surface area contributed by atoms with E-state index in [1.165, 1.54) is 42.5 Å². The van der Waals surface area contributed by atoms with Gasteiger partial charge in [0, 0.05) is 30.9 Å². The fourth-order valence-corrected chi connectivity index (χ4v) is 5.37. The molecule has 1 heterocycles. The first-order chi connectivity index (χ1) is 12.7. The zero-order chi connectivity index (χ0) is 17.5. The third-order valence-electron chi connectivity index (χ3n) is 6.67. The first-order valence-electron chi connectivity index (χ1n) is 9.96. The normalized spacial score (nSPS) is 26.2. The molecule has 1 N–H and O–H groups in total. The van der Waals surface area contributed by atoms with E-state index in [-0.39, 0.29) is 5.91 Å². The van der Waals surface area contributed by atoms with Crippen LogP contribution in [-0.2, 0) is 17.9 Å². The summed E-state index contributed by atoms with van der Waals surface area (Å²) >= 11 is 0. The number of nitrogens with zero attached hydrogens (tertiary/aromatic N) is 1. The number of carbonyl (C=O) groups is 1. The molecule has 2 fully saturated rings. The van der Waals surface area contributed by atoms with Gasteiger partial charge in [-0.1, -0.05) is 36.8 Å². The Balaban J connectivity index is 1.23. The highest BCUT2D eigenvalue weighted by Crippen LogP contribution is 2.49. The maximum absolute atomic E-state index is 12.5. The maximum Gasteiger partial charge on any atom is 0.224 e. The highest BCUT2D eigenvalue weighted by molar-refractivity contribution is 5.91. The van der Waals surface area contributed by atoms with Gasteiger partial charge in [-0.25, -0.2) is 0 Å². The summed E-state index contributed by atoms with van der Waals surface area (Å²) < 4.78 is 0. The van der Waals surface area contributed by atoms with E-state index < -0.39 is 0 Å². The topological polar surface area (TPSA) is 32.3 Å². The molecule has 5 rings (SSSR count). The first kappa shape index (κ1) is 15.9. The molecule has 0 aromatic heterocycles. The van der Waals surface area contributed by atoms with Crippen molar-refractivity contribution in [2.75, 3.05) is 10.2 Å². The fraction of sp³-hybridized carbons (Fsp3) is 0.435. The lowest BCUT2D eigenvalue weighted by molar-refractivity contribution is -0.117. The Morgan fingerprint density at radius 2 is 1.81 bits per heavy atom. The Kier molecular flexibility index (Phi) is 3.96. The molecular formula is C23H26N2O. The Labute approximate surface area is 155 Å². The van der Waals surface area contributed by atoms with Crippen molar-refractivity contribution >= 4 is 17.3 Å². The third kappa shape index (κ3) is 3.00. The average molecular weight is 346 g/mol. The van der Waals surface area contributed by atoms with Crippen molar-refractivity contribution in [3.8, 4) is 0 Å². The molecule has 3 heteroatoms. The van der Waals surface area contributed by atoms with Gasteiger partial charge in [-0.05, 0) is 66.3 Å². The van der Waals surface area contributed by atoms with Crippen molar-refractivity contribution in [3.05, 3.63) is 59.7 Å². The Hall–Kier alpha value is -2.29. The second kappa shape index (κ2) is 6.46. The van der Waals surface area contributed by atoms with Crippen LogP contribution in [0.5, 0.6) is 0 Å². The first-order valence-corrected chi connectivity index (χ1v) is 9.96. The van der Waals surface area contributed by atoms with Crippen LogP contribution in [0.15, 0.2) is 48.5 Å². The number of carbonyl (C=O) groups excluding carboxylic acids is 1. The molecule has 2 aliphatic carbocycles. The van der Waals surface area contributed by atoms with Gasteiger partial charge < -0.3 is 10.2 Å². The minimum Gasteiger partial charge on any atom is -0.363 e. The van der Waals surface area contributed by atoms with Crippen molar-refractivity contribution in [1.29, 1.82) is 0 Å². The van der Waals surface area contributed by atoms with Crippen LogP contribution in [0.2, 0.25) is 0 Å². The second-order valence-corrected chi connectivity index (χ2v) is 8.36. The predicted octanol–water partition coefficient (Wildman–Crippen LogP) is 4.97. The molecule has 0 unspecified atom stereocenters. The Morgan fingerprint density at radius 1 is 1.00 bits per heavy atom. The molecule has 1 amide bonds. The van der Waals surface area contributed by atoms with Gasteiger partial charge in [-0.2, -0.15) is 0 Å². The zero-order valence-electron chi connectivity index (χ0n) is 15.2. The summed E-state index contributed by atoms with van der Waals surface area (Å²) in [7, 11) is 0. The van der Waals surface area contributed by atoms with Crippen molar-refractivity contribution in [2.24, 2.45) is 17.8 Å². The Morgan fingerprint density at radius 3 is 2.50 bits per heavy atom. The minimum atomic E-state index is 0.185. The molecule has 0 saturated heterocycles. The molecule has 2 aromatic rings. The number of hydrogen-bond donors (Lipinski definition) is 1. The molecule has 134 valence electrons. The van der Waals surface area contributed by atoms with E-state index in [4.69, 9.17) is 0 Å². The van der Waals surface area contributed by atoms with Gasteiger partial charge in [0.2, 0.25) is 5.91 Å². The fourth-order valence-electron chi connectivity index (χ4n) is 5.37. The van der Waals surface area contributed by atoms with Crippen molar-refractivity contribution in [1.82, 2.24) is 0 Å². The number of benzene rings is 2. The van der Waals surface area contributed by atoms with Gasteiger partial charge in [0.25, 0.3) is 0 Å². The number of nitrogens with one attached hydrogen (secondary N) is 1. The standard InChI is InChI=1S/C23H26N2O/c26-23(12-20-11-16-8-9-17(20)10-16)24-21-6-3-7-22(13-21)25-14-18-4-1-2-5-19(18)15-25/h1-7,13,16-17,20H,8-12,14-15H2,(H,24,26)/t16-,17-,20+/m1/s1. The molecule has 26 heavy (non-hydrogen) atoms. The summed E-state index contributed by atoms with van der Waals surface area (Å²) in [5.41, 5.74) is 4.90. The monoisotopic (exact) mass is 346 g/mol. The molecule has 3 atom stereocenters. The van der Waals surface area contributed by atoms with E-state index in [2.05, 4.69) is 46.6 Å². The molecule has 0 spiro atoms. The number of hydrogen-bond acceptors (Lipinski definition) is 2. The van der Waals surface area contributed by atoms with Crippen LogP contribution in [0.25, 0.3) is 0 Å². The van der Waals surface area contributed by atoms with Gasteiger partial charge in [-0.15, -0.1) is 0 Å². The van der Waals surface area contributed by atoms with Crippen molar-refractivity contribution in [3.63, 3.8) is 0 Å². The van der Waals surface area contributed by atoms with Crippen LogP contribution in [0.4, 0.5) is 11.4 Å². The second-order valence-electron chi connectivity index (χ2n) is 8.36. The maximum atomic E-state index is 12.5. The van der Waals surface area contributed by atoms with Gasteiger partial charge in [-0.3, -0.25) is 4.79 Å². The molecule has 2 aromatic carbocycles. The van der Waals surface area contributed by atoms with Crippen LogP contribution in [0, 0.1) is 17.8 Å². The van der Waals surface area contributed by atoms with Gasteiger partial charge in [0.05, 0.1) is 0 Å². The molecule has 0 radical (unpaired) electrons. The van der Waals surface area contributed by atoms with E-state index in [1.807, 2.05) is 12.1 Å². The molecule has 1 aliphatic heterocycles. The van der Waals surface area contributed by atoms with E-state index in [0.717, 1.165) is 30.6 Å². The van der Waals surface area contributed by atoms with E-state index in [0.29, 0.717) is 12.3 Å². The molecule has 2 saturated carbocycles. The van der Waals surface area contributed by atoms with Gasteiger partial charge in [0.1, 0.15) is 0 Å². The van der Waals surface area contributed by atoms with Crippen LogP contribution >= 0.6 is 0 Å². The SMILES string of the molecule is O=C(C[C@@H]1C[C@@H]2CC[C@@H]1C2)Nc1cccc(N2Cc3ccccc3C2)c1. The number of anilines is 2. The quantitative estimate of drug-likeness (QED) is 0.847. The summed E-state index contributed by atoms with van der Waals surface area (Å²) in [6.07, 6.45) is 6.06. The highest BCUT2D eigenvalue weighted by Gasteiger charge is 2.40. The largest absolute Gasteiger partial charge is 0.363 e. The van der Waals surface area contributed by atoms with Gasteiger partial charge in [0.15, 0.2) is 0 Å². The number of amides is 1. The lowest BCUT2D eigenvalue weighted by Gasteiger charge is -2.21. The number of rotatable bonds is 4. The smallest absolute Gasteiger partial charge is 0.224 e. The van der Waals surface area contributed by atoms with E-state index >= 15 is 0 Å². The highest BCUT2D eigenvalue weighted by atomic mass is 16.1. The Bertz CT molecular complexity index is 805. The lowest BCUT2D eigenvalue weighted by atomic mass is 9.86. The van der Waals surface area contributed by atoms with Crippen LogP contribution in [-0.4, -0.2) is 5.91 Å². The molecule has 2 bridgehead atoms. The average Bonchev–Trinajstić information content (AvgIpc) is 3.36. The van der Waals surface area contributed by atoms with Crippen molar-refractivity contribution in [2.45, 2.75) is 45.2 Å². The van der Waals surface area contributed by atoms with Crippen LogP contribution < -0.4 is 10.2 Å². The summed E-state index contributed by atoms with van der Waals surface area (Å²) in [6, 6.07) is 16.9. The molecule has 3 aliphatic rings. The molecular weight excluding hydrogens is 320 g/mol.